The molecule has 6 heteroatoms. The van der Waals surface area contributed by atoms with Crippen molar-refractivity contribution in [1.29, 1.82) is 0 Å². The molecule has 0 amide bonds. The van der Waals surface area contributed by atoms with Gasteiger partial charge in [-0.1, -0.05) is 16.8 Å². The lowest BCUT2D eigenvalue weighted by molar-refractivity contribution is 0.201. The first-order chi connectivity index (χ1) is 10.2. The van der Waals surface area contributed by atoms with Crippen LogP contribution in [0.25, 0.3) is 11.3 Å². The molecule has 0 atom stereocenters. The second-order valence-electron chi connectivity index (χ2n) is 5.13. The van der Waals surface area contributed by atoms with Gasteiger partial charge < -0.3 is 19.7 Å². The molecule has 3 rings (SSSR count). The van der Waals surface area contributed by atoms with Crippen LogP contribution in [0.4, 0.5) is 5.88 Å². The minimum absolute atomic E-state index is 0.213. The topological polar surface area (TPSA) is 70.5 Å². The Bertz CT molecular complexity index is 636. The third-order valence-corrected chi connectivity index (χ3v) is 3.92. The van der Waals surface area contributed by atoms with E-state index in [1.54, 1.807) is 19.2 Å². The first-order valence-electron chi connectivity index (χ1n) is 6.94. The van der Waals surface area contributed by atoms with Crippen LogP contribution < -0.4 is 15.2 Å². The molecule has 1 aromatic carbocycles. The minimum atomic E-state index is 0.213. The normalized spacial score (nSPS) is 15.3. The van der Waals surface area contributed by atoms with E-state index in [2.05, 4.69) is 5.16 Å². The van der Waals surface area contributed by atoms with E-state index in [-0.39, 0.29) is 12.0 Å². The van der Waals surface area contributed by atoms with Crippen molar-refractivity contribution < 1.29 is 14.0 Å². The summed E-state index contributed by atoms with van der Waals surface area (Å²) in [5.74, 6) is 1.43. The van der Waals surface area contributed by atoms with Crippen molar-refractivity contribution in [2.24, 2.45) is 0 Å². The Morgan fingerprint density at radius 3 is 2.67 bits per heavy atom. The highest BCUT2D eigenvalue weighted by molar-refractivity contribution is 6.32. The van der Waals surface area contributed by atoms with Gasteiger partial charge in [-0.15, -0.1) is 0 Å². The third-order valence-electron chi connectivity index (χ3n) is 3.64. The molecule has 2 aromatic rings. The number of aromatic nitrogens is 1. The molecule has 1 saturated carbocycles. The molecule has 0 unspecified atom stereocenters. The molecule has 1 aliphatic carbocycles. The molecule has 5 nitrogen and oxygen atoms in total. The first-order valence-corrected chi connectivity index (χ1v) is 7.32. The summed E-state index contributed by atoms with van der Waals surface area (Å²) in [4.78, 5) is 0. The van der Waals surface area contributed by atoms with E-state index < -0.39 is 0 Å². The Hall–Kier alpha value is -1.88. The molecule has 1 heterocycles. The number of nitrogens with two attached hydrogens (primary N) is 1. The van der Waals surface area contributed by atoms with Crippen LogP contribution in [-0.4, -0.2) is 18.4 Å². The fourth-order valence-electron chi connectivity index (χ4n) is 2.58. The van der Waals surface area contributed by atoms with Crippen molar-refractivity contribution >= 4 is 17.5 Å². The van der Waals surface area contributed by atoms with Gasteiger partial charge in [0.15, 0.2) is 11.5 Å². The van der Waals surface area contributed by atoms with Gasteiger partial charge in [0.05, 0.1) is 18.2 Å². The summed E-state index contributed by atoms with van der Waals surface area (Å²) in [6, 6.07) is 5.25. The van der Waals surface area contributed by atoms with E-state index in [1.165, 1.54) is 12.8 Å². The molecule has 112 valence electrons. The van der Waals surface area contributed by atoms with Gasteiger partial charge in [-0.2, -0.15) is 0 Å². The van der Waals surface area contributed by atoms with Crippen molar-refractivity contribution in [3.05, 3.63) is 23.2 Å². The quantitative estimate of drug-likeness (QED) is 0.927. The van der Waals surface area contributed by atoms with Crippen molar-refractivity contribution in [3.63, 3.8) is 0 Å². The molecule has 1 aromatic heterocycles. The Morgan fingerprint density at radius 1 is 1.29 bits per heavy atom. The number of rotatable bonds is 4. The second-order valence-corrected chi connectivity index (χ2v) is 5.54. The molecule has 0 bridgehead atoms. The lowest BCUT2D eigenvalue weighted by Crippen LogP contribution is -2.12. The van der Waals surface area contributed by atoms with Crippen LogP contribution in [0.5, 0.6) is 11.5 Å². The highest BCUT2D eigenvalue weighted by Crippen LogP contribution is 2.41. The molecule has 0 aliphatic heterocycles. The van der Waals surface area contributed by atoms with E-state index in [0.29, 0.717) is 22.2 Å². The van der Waals surface area contributed by atoms with Crippen LogP contribution >= 0.6 is 11.6 Å². The van der Waals surface area contributed by atoms with Crippen LogP contribution in [0.15, 0.2) is 22.7 Å². The standard InChI is InChI=1S/C15H17ClN2O3/c1-19-13-7-9(12-8-14(17)21-18-12)6-11(16)15(13)20-10-4-2-3-5-10/h6-8,10H,2-5,17H2,1H3. The number of nitrogens with zero attached hydrogens (tertiary/aromatic N) is 1. The molecule has 2 N–H and O–H groups in total. The van der Waals surface area contributed by atoms with Crippen molar-refractivity contribution in [1.82, 2.24) is 5.16 Å². The van der Waals surface area contributed by atoms with Crippen LogP contribution in [0, 0.1) is 0 Å². The summed E-state index contributed by atoms with van der Waals surface area (Å²) >= 11 is 6.35. The molecule has 1 fully saturated rings. The summed E-state index contributed by atoms with van der Waals surface area (Å²) in [6.07, 6.45) is 4.72. The van der Waals surface area contributed by atoms with Gasteiger partial charge in [0.1, 0.15) is 5.69 Å². The van der Waals surface area contributed by atoms with E-state index >= 15 is 0 Å². The zero-order valence-electron chi connectivity index (χ0n) is 11.8. The fraction of sp³-hybridized carbons (Fsp3) is 0.400. The fourth-order valence-corrected chi connectivity index (χ4v) is 2.84. The summed E-state index contributed by atoms with van der Waals surface area (Å²) in [5, 5.41) is 4.38. The maximum Gasteiger partial charge on any atom is 0.222 e. The molecule has 0 spiro atoms. The van der Waals surface area contributed by atoms with Gasteiger partial charge in [0.2, 0.25) is 5.88 Å². The SMILES string of the molecule is COc1cc(-c2cc(N)on2)cc(Cl)c1OC1CCCC1. The molecular formula is C15H17ClN2O3. The smallest absolute Gasteiger partial charge is 0.222 e. The maximum atomic E-state index is 6.35. The van der Waals surface area contributed by atoms with Gasteiger partial charge in [-0.25, -0.2) is 0 Å². The zero-order valence-corrected chi connectivity index (χ0v) is 12.5. The molecular weight excluding hydrogens is 292 g/mol. The molecule has 0 radical (unpaired) electrons. The zero-order chi connectivity index (χ0) is 14.8. The lowest BCUT2D eigenvalue weighted by atomic mass is 10.1. The highest BCUT2D eigenvalue weighted by Gasteiger charge is 2.21. The number of halogens is 1. The third kappa shape index (κ3) is 2.93. The summed E-state index contributed by atoms with van der Waals surface area (Å²) in [5.41, 5.74) is 6.93. The first kappa shape index (κ1) is 14.1. The molecule has 0 saturated heterocycles. The van der Waals surface area contributed by atoms with Crippen LogP contribution in [0.1, 0.15) is 25.7 Å². The van der Waals surface area contributed by atoms with Gasteiger partial charge in [-0.3, -0.25) is 0 Å². The largest absolute Gasteiger partial charge is 0.493 e. The number of ether oxygens (including phenoxy) is 2. The second kappa shape index (κ2) is 5.85. The van der Waals surface area contributed by atoms with Crippen molar-refractivity contribution in [2.45, 2.75) is 31.8 Å². The van der Waals surface area contributed by atoms with Crippen LogP contribution in [0.3, 0.4) is 0 Å². The lowest BCUT2D eigenvalue weighted by Gasteiger charge is -2.17. The number of hydrogen-bond acceptors (Lipinski definition) is 5. The van der Waals surface area contributed by atoms with Gasteiger partial charge in [-0.05, 0) is 37.8 Å². The van der Waals surface area contributed by atoms with Gasteiger partial charge in [0.25, 0.3) is 0 Å². The average molecular weight is 309 g/mol. The van der Waals surface area contributed by atoms with E-state index in [1.807, 2.05) is 6.07 Å². The van der Waals surface area contributed by atoms with Crippen molar-refractivity contribution in [2.75, 3.05) is 12.8 Å². The Morgan fingerprint density at radius 2 is 2.05 bits per heavy atom. The Balaban J connectivity index is 1.94. The number of nitrogen functional groups attached to an aromatic ring is 1. The monoisotopic (exact) mass is 308 g/mol. The molecule has 21 heavy (non-hydrogen) atoms. The summed E-state index contributed by atoms with van der Waals surface area (Å²) in [6.45, 7) is 0. The number of benzene rings is 1. The predicted molar refractivity (Wildman–Crippen MR) is 80.8 cm³/mol. The predicted octanol–water partition coefficient (Wildman–Crippen LogP) is 3.91. The van der Waals surface area contributed by atoms with Gasteiger partial charge >= 0.3 is 0 Å². The van der Waals surface area contributed by atoms with Crippen LogP contribution in [0.2, 0.25) is 5.02 Å². The Labute approximate surface area is 128 Å². The Kier molecular flexibility index (Phi) is 3.92. The van der Waals surface area contributed by atoms with E-state index in [9.17, 15) is 0 Å². The maximum absolute atomic E-state index is 6.35. The van der Waals surface area contributed by atoms with E-state index in [4.69, 9.17) is 31.3 Å². The highest BCUT2D eigenvalue weighted by atomic mass is 35.5. The summed E-state index contributed by atoms with van der Waals surface area (Å²) in [7, 11) is 1.59. The number of anilines is 1. The number of hydrogen-bond donors (Lipinski definition) is 1. The van der Waals surface area contributed by atoms with E-state index in [0.717, 1.165) is 18.4 Å². The van der Waals surface area contributed by atoms with Gasteiger partial charge in [0, 0.05) is 11.6 Å². The van der Waals surface area contributed by atoms with Crippen molar-refractivity contribution in [3.8, 4) is 22.8 Å². The number of methoxy groups -OCH3 is 1. The van der Waals surface area contributed by atoms with Crippen LogP contribution in [-0.2, 0) is 0 Å². The molecule has 1 aliphatic rings. The summed E-state index contributed by atoms with van der Waals surface area (Å²) < 4.78 is 16.3. The average Bonchev–Trinajstić information content (AvgIpc) is 3.12. The minimum Gasteiger partial charge on any atom is -0.493 e.